The normalized spacial score (nSPS) is 22.8. The zero-order chi connectivity index (χ0) is 46.9. The van der Waals surface area contributed by atoms with Crippen LogP contribution >= 0.6 is 7.82 Å². The van der Waals surface area contributed by atoms with Gasteiger partial charge in [0.2, 0.25) is 0 Å². The largest absolute Gasteiger partial charge is 0.472 e. The first-order chi connectivity index (χ1) is 31.0. The number of ether oxygens (including phenoxy) is 2. The fraction of sp³-hybridized carbons (Fsp3) is 0.588. The number of carbonyl (C=O) groups is 1. The summed E-state index contributed by atoms with van der Waals surface area (Å²) >= 11 is 0. The highest BCUT2D eigenvalue weighted by Crippen LogP contribution is 2.47. The van der Waals surface area contributed by atoms with Crippen molar-refractivity contribution in [3.05, 3.63) is 122 Å². The standard InChI is InChI=1S/C51H81O12P/c1-3-5-7-9-11-13-15-17-18-19-20-21-22-23-24-25-26-27-29-31-33-35-37-39-41-60-42-44(43-61-64(58,59)63-51-49(56)47(54)46(53)48(55)50(51)57)62-45(52)40-38-36-34-32-30-28-16-14-12-10-8-6-4-2/h5-8,11-14,17-18,20-21,23-24,26-28,30,34,36,44,46-51,53-57H,3-4,9-10,15-16,19,22,25,29,31-33,35,37-43H2,1-2H3,(H,58,59)/b7-5-,8-6-,13-11-,14-12-,18-17-,21-20-,24-23-,27-26-,30-28-,36-34-. The Morgan fingerprint density at radius 3 is 1.33 bits per heavy atom. The number of phosphoric ester groups is 1. The van der Waals surface area contributed by atoms with E-state index in [9.17, 15) is 39.8 Å². The van der Waals surface area contributed by atoms with Crippen molar-refractivity contribution in [2.45, 2.75) is 172 Å². The number of aliphatic hydroxyl groups is 5. The predicted octanol–water partition coefficient (Wildman–Crippen LogP) is 9.86. The van der Waals surface area contributed by atoms with E-state index in [2.05, 4.69) is 117 Å². The van der Waals surface area contributed by atoms with Crippen molar-refractivity contribution in [1.29, 1.82) is 0 Å². The van der Waals surface area contributed by atoms with Crippen molar-refractivity contribution in [2.24, 2.45) is 0 Å². The number of hydrogen-bond donors (Lipinski definition) is 6. The number of hydrogen-bond acceptors (Lipinski definition) is 11. The molecule has 0 spiro atoms. The predicted molar refractivity (Wildman–Crippen MR) is 257 cm³/mol. The summed E-state index contributed by atoms with van der Waals surface area (Å²) in [5, 5.41) is 50.2. The molecule has 12 nitrogen and oxygen atoms in total. The third-order valence-electron chi connectivity index (χ3n) is 9.84. The lowest BCUT2D eigenvalue weighted by Gasteiger charge is -2.41. The van der Waals surface area contributed by atoms with Crippen molar-refractivity contribution in [3.8, 4) is 0 Å². The number of unbranched alkanes of at least 4 members (excludes halogenated alkanes) is 5. The number of aliphatic hydroxyl groups excluding tert-OH is 5. The van der Waals surface area contributed by atoms with Gasteiger partial charge in [0.15, 0.2) is 0 Å². The second kappa shape index (κ2) is 40.1. The number of allylic oxidation sites excluding steroid dienone is 20. The molecule has 1 rings (SSSR count). The van der Waals surface area contributed by atoms with E-state index in [1.807, 2.05) is 18.2 Å². The summed E-state index contributed by atoms with van der Waals surface area (Å²) in [6.07, 6.45) is 45.7. The number of carbonyl (C=O) groups excluding carboxylic acids is 1. The van der Waals surface area contributed by atoms with Crippen LogP contribution in [-0.2, 0) is 27.9 Å². The molecule has 0 saturated heterocycles. The average molecular weight is 917 g/mol. The van der Waals surface area contributed by atoms with Crippen molar-refractivity contribution in [2.75, 3.05) is 19.8 Å². The summed E-state index contributed by atoms with van der Waals surface area (Å²) in [7, 11) is -5.05. The average Bonchev–Trinajstić information content (AvgIpc) is 3.28. The summed E-state index contributed by atoms with van der Waals surface area (Å²) in [6, 6.07) is 0. The Labute approximate surface area is 384 Å². The van der Waals surface area contributed by atoms with Crippen LogP contribution in [0.3, 0.4) is 0 Å². The summed E-state index contributed by atoms with van der Waals surface area (Å²) in [5.41, 5.74) is 0. The van der Waals surface area contributed by atoms with Crippen molar-refractivity contribution >= 4 is 13.8 Å². The summed E-state index contributed by atoms with van der Waals surface area (Å²) in [6.45, 7) is 3.87. The monoisotopic (exact) mass is 917 g/mol. The maximum atomic E-state index is 12.8. The Hall–Kier alpha value is -3.26. The third-order valence-corrected chi connectivity index (χ3v) is 10.8. The minimum atomic E-state index is -5.05. The fourth-order valence-electron chi connectivity index (χ4n) is 6.19. The maximum Gasteiger partial charge on any atom is 0.472 e. The summed E-state index contributed by atoms with van der Waals surface area (Å²) in [5.74, 6) is -0.571. The molecule has 64 heavy (non-hydrogen) atoms. The van der Waals surface area contributed by atoms with Crippen LogP contribution in [0.2, 0.25) is 0 Å². The van der Waals surface area contributed by atoms with Gasteiger partial charge in [-0.1, -0.05) is 155 Å². The van der Waals surface area contributed by atoms with E-state index in [1.165, 1.54) is 0 Å². The first-order valence-electron chi connectivity index (χ1n) is 23.4. The molecule has 0 aliphatic heterocycles. The summed E-state index contributed by atoms with van der Waals surface area (Å²) < 4.78 is 34.0. The molecule has 0 aromatic carbocycles. The molecule has 0 radical (unpaired) electrons. The van der Waals surface area contributed by atoms with Crippen LogP contribution in [-0.4, -0.2) is 98.9 Å². The Balaban J connectivity index is 2.42. The lowest BCUT2D eigenvalue weighted by molar-refractivity contribution is -0.220. The molecule has 1 aliphatic rings. The Morgan fingerprint density at radius 2 is 0.875 bits per heavy atom. The molecule has 362 valence electrons. The highest BCUT2D eigenvalue weighted by molar-refractivity contribution is 7.47. The number of rotatable bonds is 37. The van der Waals surface area contributed by atoms with Gasteiger partial charge in [0.05, 0.1) is 13.2 Å². The minimum Gasteiger partial charge on any atom is -0.457 e. The molecule has 13 heteroatoms. The van der Waals surface area contributed by atoms with Crippen LogP contribution in [0, 0.1) is 0 Å². The van der Waals surface area contributed by atoms with Gasteiger partial charge in [0.25, 0.3) is 0 Å². The van der Waals surface area contributed by atoms with E-state index in [1.54, 1.807) is 0 Å². The third kappa shape index (κ3) is 31.6. The Bertz CT molecular complexity index is 1510. The molecule has 0 heterocycles. The van der Waals surface area contributed by atoms with E-state index < -0.39 is 63.1 Å². The van der Waals surface area contributed by atoms with Crippen LogP contribution < -0.4 is 0 Å². The van der Waals surface area contributed by atoms with Crippen LogP contribution in [0.5, 0.6) is 0 Å². The van der Waals surface area contributed by atoms with Gasteiger partial charge in [-0.15, -0.1) is 0 Å². The van der Waals surface area contributed by atoms with Crippen LogP contribution in [0.25, 0.3) is 0 Å². The second-order valence-electron chi connectivity index (χ2n) is 15.5. The molecular formula is C51H81O12P. The molecule has 0 aromatic rings. The van der Waals surface area contributed by atoms with Crippen LogP contribution in [0.15, 0.2) is 122 Å². The smallest absolute Gasteiger partial charge is 0.457 e. The molecule has 1 aliphatic carbocycles. The zero-order valence-electron chi connectivity index (χ0n) is 38.5. The Morgan fingerprint density at radius 1 is 0.500 bits per heavy atom. The van der Waals surface area contributed by atoms with E-state index in [-0.39, 0.29) is 13.0 Å². The van der Waals surface area contributed by atoms with Crippen molar-refractivity contribution < 1.29 is 58.3 Å². The Kier molecular flexibility index (Phi) is 36.8. The second-order valence-corrected chi connectivity index (χ2v) is 16.9. The van der Waals surface area contributed by atoms with E-state index >= 15 is 0 Å². The van der Waals surface area contributed by atoms with Gasteiger partial charge in [-0.05, 0) is 89.9 Å². The molecule has 6 unspecified atom stereocenters. The molecule has 6 atom stereocenters. The molecule has 0 bridgehead atoms. The van der Waals surface area contributed by atoms with E-state index in [0.29, 0.717) is 13.0 Å². The molecule has 6 N–H and O–H groups in total. The zero-order valence-corrected chi connectivity index (χ0v) is 39.4. The van der Waals surface area contributed by atoms with Crippen LogP contribution in [0.1, 0.15) is 129 Å². The molecule has 1 saturated carbocycles. The highest BCUT2D eigenvalue weighted by atomic mass is 31.2. The van der Waals surface area contributed by atoms with Gasteiger partial charge >= 0.3 is 13.8 Å². The molecule has 1 fully saturated rings. The highest BCUT2D eigenvalue weighted by Gasteiger charge is 2.51. The lowest BCUT2D eigenvalue weighted by Crippen LogP contribution is -2.64. The lowest BCUT2D eigenvalue weighted by atomic mass is 9.85. The molecule has 0 aromatic heterocycles. The maximum absolute atomic E-state index is 12.8. The van der Waals surface area contributed by atoms with Gasteiger partial charge < -0.3 is 39.9 Å². The quantitative estimate of drug-likeness (QED) is 0.0150. The van der Waals surface area contributed by atoms with E-state index in [4.69, 9.17) is 18.5 Å². The molecular weight excluding hydrogens is 836 g/mol. The van der Waals surface area contributed by atoms with Crippen molar-refractivity contribution in [1.82, 2.24) is 0 Å². The SMILES string of the molecule is CC/C=C\C/C=C\C/C=C\C/C=C\C/C=C\C/C=C\CCCCCCCOCC(COP(=O)(O)OC1C(O)C(O)C(O)C(O)C1O)OC(=O)CC/C=C\C/C=C\C/C=C\C/C=C\CC. The van der Waals surface area contributed by atoms with Crippen molar-refractivity contribution in [3.63, 3.8) is 0 Å². The fourth-order valence-corrected chi connectivity index (χ4v) is 7.17. The first kappa shape index (κ1) is 58.8. The summed E-state index contributed by atoms with van der Waals surface area (Å²) in [4.78, 5) is 23.1. The number of esters is 1. The first-order valence-corrected chi connectivity index (χ1v) is 24.9. The minimum absolute atomic E-state index is 0.0507. The van der Waals surface area contributed by atoms with E-state index in [0.717, 1.165) is 103 Å². The van der Waals surface area contributed by atoms with Gasteiger partial charge in [-0.2, -0.15) is 0 Å². The van der Waals surface area contributed by atoms with Gasteiger partial charge in [-0.3, -0.25) is 13.8 Å². The van der Waals surface area contributed by atoms with Gasteiger partial charge in [0, 0.05) is 13.0 Å². The topological polar surface area (TPSA) is 192 Å². The van der Waals surface area contributed by atoms with Crippen LogP contribution in [0.4, 0.5) is 0 Å². The van der Waals surface area contributed by atoms with Gasteiger partial charge in [0.1, 0.15) is 42.7 Å². The molecule has 0 amide bonds. The number of phosphoric acid groups is 1. The van der Waals surface area contributed by atoms with Gasteiger partial charge in [-0.25, -0.2) is 4.57 Å².